The molecule has 1 atom stereocenters. The van der Waals surface area contributed by atoms with E-state index in [4.69, 9.17) is 21.1 Å². The first kappa shape index (κ1) is 22.0. The van der Waals surface area contributed by atoms with E-state index in [9.17, 15) is 9.18 Å². The predicted octanol–water partition coefficient (Wildman–Crippen LogP) is 3.45. The summed E-state index contributed by atoms with van der Waals surface area (Å²) in [7, 11) is 0. The van der Waals surface area contributed by atoms with Crippen LogP contribution < -0.4 is 5.32 Å². The Labute approximate surface area is 189 Å². The van der Waals surface area contributed by atoms with Crippen LogP contribution in [0.1, 0.15) is 27.2 Å². The molecular formula is C23H20ClFN4O3. The van der Waals surface area contributed by atoms with E-state index in [1.165, 1.54) is 23.0 Å². The number of rotatable bonds is 4. The quantitative estimate of drug-likeness (QED) is 0.611. The maximum Gasteiger partial charge on any atom is 0.276 e. The van der Waals surface area contributed by atoms with Crippen LogP contribution in [0.3, 0.4) is 0 Å². The Morgan fingerprint density at radius 2 is 2.12 bits per heavy atom. The highest BCUT2D eigenvalue weighted by Crippen LogP contribution is 2.20. The van der Waals surface area contributed by atoms with Gasteiger partial charge in [0, 0.05) is 17.3 Å². The SMILES string of the molecule is Cc1cc(C#Cc2cccc(F)c2)cnc1NC(=O)c1c(Cl)cnn1CC1COCCO1. The fraction of sp³-hybridized carbons (Fsp3) is 0.261. The van der Waals surface area contributed by atoms with Crippen LogP contribution in [0, 0.1) is 24.6 Å². The summed E-state index contributed by atoms with van der Waals surface area (Å²) in [5, 5.41) is 7.20. The lowest BCUT2D eigenvalue weighted by Crippen LogP contribution is -2.34. The molecule has 164 valence electrons. The van der Waals surface area contributed by atoms with Gasteiger partial charge in [-0.05, 0) is 36.8 Å². The van der Waals surface area contributed by atoms with Gasteiger partial charge in [0.2, 0.25) is 0 Å². The van der Waals surface area contributed by atoms with Crippen LogP contribution in [0.25, 0.3) is 0 Å². The molecule has 3 aromatic rings. The third-order valence-corrected chi connectivity index (χ3v) is 5.03. The van der Waals surface area contributed by atoms with Crippen molar-refractivity contribution in [2.75, 3.05) is 25.1 Å². The fourth-order valence-corrected chi connectivity index (χ4v) is 3.44. The summed E-state index contributed by atoms with van der Waals surface area (Å²) in [5.41, 5.74) is 2.14. The minimum Gasteiger partial charge on any atom is -0.376 e. The van der Waals surface area contributed by atoms with Gasteiger partial charge in [0.25, 0.3) is 5.91 Å². The van der Waals surface area contributed by atoms with Gasteiger partial charge in [-0.15, -0.1) is 0 Å². The molecule has 1 aliphatic heterocycles. The van der Waals surface area contributed by atoms with Crippen LogP contribution in [0.15, 0.2) is 42.7 Å². The molecule has 1 amide bonds. The van der Waals surface area contributed by atoms with E-state index >= 15 is 0 Å². The lowest BCUT2D eigenvalue weighted by Gasteiger charge is -2.23. The number of ether oxygens (including phenoxy) is 2. The average molecular weight is 455 g/mol. The molecule has 9 heteroatoms. The zero-order valence-corrected chi connectivity index (χ0v) is 18.0. The van der Waals surface area contributed by atoms with Gasteiger partial charge in [-0.1, -0.05) is 29.5 Å². The molecule has 0 saturated carbocycles. The molecule has 1 N–H and O–H groups in total. The molecule has 0 aliphatic carbocycles. The summed E-state index contributed by atoms with van der Waals surface area (Å²) in [6.07, 6.45) is 2.76. The number of aromatic nitrogens is 3. The van der Waals surface area contributed by atoms with Crippen molar-refractivity contribution in [3.05, 3.63) is 75.9 Å². The lowest BCUT2D eigenvalue weighted by molar-refractivity contribution is -0.0947. The lowest BCUT2D eigenvalue weighted by atomic mass is 10.1. The Bertz CT molecular complexity index is 1200. The highest BCUT2D eigenvalue weighted by molar-refractivity contribution is 6.34. The number of hydrogen-bond donors (Lipinski definition) is 1. The highest BCUT2D eigenvalue weighted by Gasteiger charge is 2.23. The minimum absolute atomic E-state index is 0.206. The van der Waals surface area contributed by atoms with Crippen LogP contribution in [-0.4, -0.2) is 46.6 Å². The van der Waals surface area contributed by atoms with Crippen molar-refractivity contribution in [1.29, 1.82) is 0 Å². The second kappa shape index (κ2) is 9.92. The van der Waals surface area contributed by atoms with Crippen LogP contribution in [0.2, 0.25) is 5.02 Å². The number of carbonyl (C=O) groups excluding carboxylic acids is 1. The Balaban J connectivity index is 1.48. The summed E-state index contributed by atoms with van der Waals surface area (Å²) in [4.78, 5) is 17.2. The summed E-state index contributed by atoms with van der Waals surface area (Å²) >= 11 is 6.22. The smallest absolute Gasteiger partial charge is 0.276 e. The van der Waals surface area contributed by atoms with Crippen molar-refractivity contribution >= 4 is 23.3 Å². The largest absolute Gasteiger partial charge is 0.376 e. The summed E-state index contributed by atoms with van der Waals surface area (Å²) < 4.78 is 25.8. The molecule has 1 saturated heterocycles. The maximum atomic E-state index is 13.3. The summed E-state index contributed by atoms with van der Waals surface area (Å²) in [6, 6.07) is 7.84. The molecule has 1 fully saturated rings. The average Bonchev–Trinajstić information content (AvgIpc) is 3.14. The number of pyridine rings is 1. The number of nitrogens with one attached hydrogen (secondary N) is 1. The number of amides is 1. The van der Waals surface area contributed by atoms with Crippen molar-refractivity contribution in [3.8, 4) is 11.8 Å². The number of hydrogen-bond acceptors (Lipinski definition) is 5. The minimum atomic E-state index is -0.432. The monoisotopic (exact) mass is 454 g/mol. The van der Waals surface area contributed by atoms with E-state index in [0.29, 0.717) is 43.3 Å². The van der Waals surface area contributed by atoms with Gasteiger partial charge in [0.05, 0.1) is 37.6 Å². The Kier molecular flexibility index (Phi) is 6.81. The van der Waals surface area contributed by atoms with E-state index < -0.39 is 5.91 Å². The first-order chi connectivity index (χ1) is 15.5. The molecule has 4 rings (SSSR count). The molecule has 0 bridgehead atoms. The van der Waals surface area contributed by atoms with Crippen LogP contribution >= 0.6 is 11.6 Å². The van der Waals surface area contributed by atoms with E-state index in [2.05, 4.69) is 27.2 Å². The zero-order chi connectivity index (χ0) is 22.5. The van der Waals surface area contributed by atoms with E-state index in [1.54, 1.807) is 24.4 Å². The molecular weight excluding hydrogens is 435 g/mol. The van der Waals surface area contributed by atoms with Gasteiger partial charge in [-0.25, -0.2) is 9.37 Å². The molecule has 0 radical (unpaired) electrons. The molecule has 1 aromatic carbocycles. The van der Waals surface area contributed by atoms with Crippen molar-refractivity contribution in [1.82, 2.24) is 14.8 Å². The van der Waals surface area contributed by atoms with E-state index in [-0.39, 0.29) is 22.6 Å². The summed E-state index contributed by atoms with van der Waals surface area (Å²) in [5.74, 6) is 5.45. The van der Waals surface area contributed by atoms with Crippen molar-refractivity contribution in [3.63, 3.8) is 0 Å². The second-order valence-corrected chi connectivity index (χ2v) is 7.60. The van der Waals surface area contributed by atoms with Gasteiger partial charge < -0.3 is 14.8 Å². The second-order valence-electron chi connectivity index (χ2n) is 7.19. The number of anilines is 1. The summed E-state index contributed by atoms with van der Waals surface area (Å²) in [6.45, 7) is 3.63. The third kappa shape index (κ3) is 5.32. The number of carbonyl (C=O) groups is 1. The Morgan fingerprint density at radius 3 is 2.88 bits per heavy atom. The highest BCUT2D eigenvalue weighted by atomic mass is 35.5. The first-order valence-electron chi connectivity index (χ1n) is 9.96. The molecule has 0 spiro atoms. The Morgan fingerprint density at radius 1 is 1.28 bits per heavy atom. The predicted molar refractivity (Wildman–Crippen MR) is 117 cm³/mol. The molecule has 1 unspecified atom stereocenters. The van der Waals surface area contributed by atoms with E-state index in [1.807, 2.05) is 6.92 Å². The number of halogens is 2. The van der Waals surface area contributed by atoms with Crippen molar-refractivity contribution in [2.45, 2.75) is 19.6 Å². The molecule has 32 heavy (non-hydrogen) atoms. The maximum absolute atomic E-state index is 13.3. The van der Waals surface area contributed by atoms with Crippen LogP contribution in [-0.2, 0) is 16.0 Å². The van der Waals surface area contributed by atoms with Crippen molar-refractivity contribution in [2.24, 2.45) is 0 Å². The van der Waals surface area contributed by atoms with Crippen molar-refractivity contribution < 1.29 is 18.7 Å². The number of benzene rings is 1. The number of aryl methyl sites for hydroxylation is 1. The Hall–Kier alpha value is -3.25. The number of nitrogens with zero attached hydrogens (tertiary/aromatic N) is 3. The first-order valence-corrected chi connectivity index (χ1v) is 10.3. The molecule has 3 heterocycles. The standard InChI is InChI=1S/C23H20ClFN4O3/c1-15-9-17(6-5-16-3-2-4-18(25)10-16)11-26-22(15)28-23(30)21-20(24)12-27-29(21)13-19-14-31-7-8-32-19/h2-4,9-12,19H,7-8,13-14H2,1H3,(H,26,28,30). The van der Waals surface area contributed by atoms with Gasteiger partial charge >= 0.3 is 0 Å². The molecule has 1 aliphatic rings. The van der Waals surface area contributed by atoms with Gasteiger partial charge in [0.1, 0.15) is 23.4 Å². The topological polar surface area (TPSA) is 78.3 Å². The van der Waals surface area contributed by atoms with Gasteiger partial charge in [0.15, 0.2) is 0 Å². The van der Waals surface area contributed by atoms with Crippen LogP contribution in [0.4, 0.5) is 10.2 Å². The normalized spacial score (nSPS) is 15.7. The van der Waals surface area contributed by atoms with Gasteiger partial charge in [-0.2, -0.15) is 5.10 Å². The third-order valence-electron chi connectivity index (χ3n) is 4.76. The van der Waals surface area contributed by atoms with Gasteiger partial charge in [-0.3, -0.25) is 9.48 Å². The fourth-order valence-electron chi connectivity index (χ4n) is 3.21. The molecule has 7 nitrogen and oxygen atoms in total. The van der Waals surface area contributed by atoms with Crippen LogP contribution in [0.5, 0.6) is 0 Å². The zero-order valence-electron chi connectivity index (χ0n) is 17.3. The molecule has 2 aromatic heterocycles. The van der Waals surface area contributed by atoms with E-state index in [0.717, 1.165) is 5.56 Å².